The zero-order valence-electron chi connectivity index (χ0n) is 16.1. The third kappa shape index (κ3) is 3.57. The van der Waals surface area contributed by atoms with Crippen LogP contribution >= 0.6 is 0 Å². The first kappa shape index (κ1) is 18.8. The molecule has 1 aliphatic heterocycles. The van der Waals surface area contributed by atoms with Gasteiger partial charge in [0, 0.05) is 18.8 Å². The highest BCUT2D eigenvalue weighted by atomic mass is 32.2. The first-order valence-electron chi connectivity index (χ1n) is 9.40. The highest BCUT2D eigenvalue weighted by molar-refractivity contribution is 7.89. The highest BCUT2D eigenvalue weighted by Gasteiger charge is 2.30. The van der Waals surface area contributed by atoms with Gasteiger partial charge in [-0.15, -0.1) is 0 Å². The molecule has 1 aromatic heterocycles. The SMILES string of the molecule is Cc1ccc(C)c(S(=O)(=O)NCC(c2ccco2)N2CCc3ccccc32)c1. The highest BCUT2D eigenvalue weighted by Crippen LogP contribution is 2.35. The van der Waals surface area contributed by atoms with E-state index in [1.165, 1.54) is 5.56 Å². The number of anilines is 1. The molecule has 146 valence electrons. The molecular formula is C22H24N2O3S. The summed E-state index contributed by atoms with van der Waals surface area (Å²) in [6, 6.07) is 17.2. The summed E-state index contributed by atoms with van der Waals surface area (Å²) in [5.74, 6) is 0.750. The van der Waals surface area contributed by atoms with Gasteiger partial charge < -0.3 is 9.32 Å². The van der Waals surface area contributed by atoms with Gasteiger partial charge in [0.25, 0.3) is 0 Å². The number of nitrogens with one attached hydrogen (secondary N) is 1. The summed E-state index contributed by atoms with van der Waals surface area (Å²) in [6.07, 6.45) is 2.57. The molecule has 0 aliphatic carbocycles. The first-order valence-corrected chi connectivity index (χ1v) is 10.9. The van der Waals surface area contributed by atoms with E-state index in [1.54, 1.807) is 12.3 Å². The van der Waals surface area contributed by atoms with Crippen LogP contribution in [0, 0.1) is 13.8 Å². The number of fused-ring (bicyclic) bond motifs is 1. The van der Waals surface area contributed by atoms with Gasteiger partial charge in [0.05, 0.1) is 11.2 Å². The van der Waals surface area contributed by atoms with Gasteiger partial charge in [-0.05, 0) is 61.2 Å². The average molecular weight is 397 g/mol. The molecule has 6 heteroatoms. The Morgan fingerprint density at radius 1 is 1.11 bits per heavy atom. The van der Waals surface area contributed by atoms with Crippen molar-refractivity contribution >= 4 is 15.7 Å². The van der Waals surface area contributed by atoms with E-state index in [0.717, 1.165) is 35.5 Å². The van der Waals surface area contributed by atoms with Gasteiger partial charge in [-0.3, -0.25) is 0 Å². The summed E-state index contributed by atoms with van der Waals surface area (Å²) >= 11 is 0. The van der Waals surface area contributed by atoms with E-state index in [2.05, 4.69) is 21.8 Å². The Hall–Kier alpha value is -2.57. The zero-order valence-corrected chi connectivity index (χ0v) is 16.9. The van der Waals surface area contributed by atoms with Gasteiger partial charge in [0.15, 0.2) is 0 Å². The molecule has 3 aromatic rings. The molecule has 0 spiro atoms. The van der Waals surface area contributed by atoms with Gasteiger partial charge in [0.2, 0.25) is 10.0 Å². The van der Waals surface area contributed by atoms with Gasteiger partial charge in [-0.1, -0.05) is 30.3 Å². The van der Waals surface area contributed by atoms with Gasteiger partial charge in [0.1, 0.15) is 11.8 Å². The smallest absolute Gasteiger partial charge is 0.240 e. The number of para-hydroxylation sites is 1. The van der Waals surface area contributed by atoms with Crippen LogP contribution in [0.15, 0.2) is 70.2 Å². The molecule has 1 aliphatic rings. The standard InChI is InChI=1S/C22H24N2O3S/c1-16-9-10-17(2)22(14-16)28(25,26)23-15-20(21-8-5-13-27-21)24-12-11-18-6-3-4-7-19(18)24/h3-10,13-14,20,23H,11-12,15H2,1-2H3. The van der Waals surface area contributed by atoms with Crippen LogP contribution < -0.4 is 9.62 Å². The molecule has 0 fully saturated rings. The third-order valence-corrected chi connectivity index (χ3v) is 6.84. The lowest BCUT2D eigenvalue weighted by atomic mass is 10.1. The molecule has 0 saturated carbocycles. The molecule has 0 saturated heterocycles. The number of nitrogens with zero attached hydrogens (tertiary/aromatic N) is 1. The van der Waals surface area contributed by atoms with Gasteiger partial charge in [-0.2, -0.15) is 0 Å². The Bertz CT molecular complexity index is 1070. The maximum Gasteiger partial charge on any atom is 0.240 e. The van der Waals surface area contributed by atoms with Crippen LogP contribution in [0.25, 0.3) is 0 Å². The van der Waals surface area contributed by atoms with Crippen LogP contribution in [0.3, 0.4) is 0 Å². The summed E-state index contributed by atoms with van der Waals surface area (Å²) in [6.45, 7) is 4.77. The molecule has 0 amide bonds. The van der Waals surface area contributed by atoms with Crippen molar-refractivity contribution in [1.82, 2.24) is 4.72 Å². The number of hydrogen-bond donors (Lipinski definition) is 1. The molecule has 1 unspecified atom stereocenters. The Labute approximate surface area is 166 Å². The lowest BCUT2D eigenvalue weighted by molar-refractivity contribution is 0.447. The summed E-state index contributed by atoms with van der Waals surface area (Å²) in [4.78, 5) is 2.55. The van der Waals surface area contributed by atoms with E-state index in [1.807, 2.05) is 50.2 Å². The Balaban J connectivity index is 1.62. The average Bonchev–Trinajstić information content (AvgIpc) is 3.35. The van der Waals surface area contributed by atoms with E-state index in [9.17, 15) is 8.42 Å². The van der Waals surface area contributed by atoms with Crippen molar-refractivity contribution in [2.24, 2.45) is 0 Å². The molecule has 0 bridgehead atoms. The number of furan rings is 1. The fourth-order valence-electron chi connectivity index (χ4n) is 3.80. The quantitative estimate of drug-likeness (QED) is 0.685. The number of aryl methyl sites for hydroxylation is 2. The molecule has 28 heavy (non-hydrogen) atoms. The molecule has 5 nitrogen and oxygen atoms in total. The Morgan fingerprint density at radius 3 is 2.71 bits per heavy atom. The lowest BCUT2D eigenvalue weighted by Crippen LogP contribution is -2.37. The minimum Gasteiger partial charge on any atom is -0.467 e. The second-order valence-corrected chi connectivity index (χ2v) is 8.96. The number of rotatable bonds is 6. The number of hydrogen-bond acceptors (Lipinski definition) is 4. The van der Waals surface area contributed by atoms with E-state index < -0.39 is 10.0 Å². The lowest BCUT2D eigenvalue weighted by Gasteiger charge is -2.29. The fraction of sp³-hybridized carbons (Fsp3) is 0.273. The van der Waals surface area contributed by atoms with Crippen molar-refractivity contribution in [3.63, 3.8) is 0 Å². The Morgan fingerprint density at radius 2 is 1.93 bits per heavy atom. The van der Waals surface area contributed by atoms with Crippen molar-refractivity contribution in [3.05, 3.63) is 83.3 Å². The van der Waals surface area contributed by atoms with Crippen LogP contribution in [-0.4, -0.2) is 21.5 Å². The maximum atomic E-state index is 13.0. The van der Waals surface area contributed by atoms with Crippen LogP contribution in [-0.2, 0) is 16.4 Å². The topological polar surface area (TPSA) is 62.6 Å². The van der Waals surface area contributed by atoms with E-state index in [-0.39, 0.29) is 12.6 Å². The van der Waals surface area contributed by atoms with Crippen LogP contribution in [0.2, 0.25) is 0 Å². The van der Waals surface area contributed by atoms with E-state index in [0.29, 0.717) is 4.90 Å². The summed E-state index contributed by atoms with van der Waals surface area (Å²) in [5.41, 5.74) is 4.06. The molecule has 2 aromatic carbocycles. The maximum absolute atomic E-state index is 13.0. The second kappa shape index (κ2) is 7.45. The van der Waals surface area contributed by atoms with Gasteiger partial charge >= 0.3 is 0 Å². The van der Waals surface area contributed by atoms with E-state index >= 15 is 0 Å². The van der Waals surface area contributed by atoms with Crippen LogP contribution in [0.5, 0.6) is 0 Å². The number of sulfonamides is 1. The summed E-state index contributed by atoms with van der Waals surface area (Å²) in [7, 11) is -3.62. The third-order valence-electron chi connectivity index (χ3n) is 5.27. The first-order chi connectivity index (χ1) is 13.5. The normalized spacial score (nSPS) is 14.9. The van der Waals surface area contributed by atoms with Crippen molar-refractivity contribution < 1.29 is 12.8 Å². The molecular weight excluding hydrogens is 372 g/mol. The largest absolute Gasteiger partial charge is 0.467 e. The van der Waals surface area contributed by atoms with E-state index in [4.69, 9.17) is 4.42 Å². The predicted molar refractivity (Wildman–Crippen MR) is 110 cm³/mol. The summed E-state index contributed by atoms with van der Waals surface area (Å²) in [5, 5.41) is 0. The van der Waals surface area contributed by atoms with Crippen molar-refractivity contribution in [2.75, 3.05) is 18.0 Å². The zero-order chi connectivity index (χ0) is 19.7. The number of benzene rings is 2. The Kier molecular flexibility index (Phi) is 5.00. The fourth-order valence-corrected chi connectivity index (χ4v) is 5.16. The van der Waals surface area contributed by atoms with Gasteiger partial charge in [-0.25, -0.2) is 13.1 Å². The molecule has 1 atom stereocenters. The van der Waals surface area contributed by atoms with Crippen molar-refractivity contribution in [1.29, 1.82) is 0 Å². The summed E-state index contributed by atoms with van der Waals surface area (Å²) < 4.78 is 34.4. The molecule has 2 heterocycles. The predicted octanol–water partition coefficient (Wildman–Crippen LogP) is 3.98. The molecule has 1 N–H and O–H groups in total. The van der Waals surface area contributed by atoms with Crippen molar-refractivity contribution in [3.8, 4) is 0 Å². The minimum absolute atomic E-state index is 0.210. The monoisotopic (exact) mass is 396 g/mol. The minimum atomic E-state index is -3.62. The molecule has 0 radical (unpaired) electrons. The molecule has 4 rings (SSSR count). The van der Waals surface area contributed by atoms with Crippen LogP contribution in [0.4, 0.5) is 5.69 Å². The van der Waals surface area contributed by atoms with Crippen LogP contribution in [0.1, 0.15) is 28.5 Å². The second-order valence-electron chi connectivity index (χ2n) is 7.22. The van der Waals surface area contributed by atoms with Crippen molar-refractivity contribution in [2.45, 2.75) is 31.2 Å².